The molecule has 1 fully saturated rings. The quantitative estimate of drug-likeness (QED) is 0.623. The number of furan rings is 1. The second-order valence-electron chi connectivity index (χ2n) is 7.91. The molecule has 0 amide bonds. The van der Waals surface area contributed by atoms with Gasteiger partial charge in [0.1, 0.15) is 29.0 Å². The Morgan fingerprint density at radius 3 is 2.52 bits per heavy atom. The summed E-state index contributed by atoms with van der Waals surface area (Å²) in [4.78, 5) is 6.39. The van der Waals surface area contributed by atoms with Gasteiger partial charge in [-0.25, -0.2) is 17.8 Å². The van der Waals surface area contributed by atoms with Gasteiger partial charge in [0.2, 0.25) is 0 Å². The molecule has 2 aromatic heterocycles. The molecule has 0 spiro atoms. The monoisotopic (exact) mass is 444 g/mol. The molecule has 0 saturated carbocycles. The summed E-state index contributed by atoms with van der Waals surface area (Å²) >= 11 is 0. The summed E-state index contributed by atoms with van der Waals surface area (Å²) in [5.41, 5.74) is 0.203. The van der Waals surface area contributed by atoms with Gasteiger partial charge in [-0.3, -0.25) is 4.72 Å². The molecule has 1 saturated heterocycles. The Morgan fingerprint density at radius 2 is 1.87 bits per heavy atom. The van der Waals surface area contributed by atoms with Crippen molar-refractivity contribution in [1.29, 1.82) is 0 Å². The molecule has 0 bridgehead atoms. The molecule has 0 radical (unpaired) electrons. The number of anilines is 2. The summed E-state index contributed by atoms with van der Waals surface area (Å²) < 4.78 is 48.2. The van der Waals surface area contributed by atoms with Crippen LogP contribution in [-0.2, 0) is 10.0 Å². The van der Waals surface area contributed by atoms with E-state index < -0.39 is 15.8 Å². The fourth-order valence-electron chi connectivity index (χ4n) is 3.81. The van der Waals surface area contributed by atoms with Crippen LogP contribution in [0.1, 0.15) is 19.6 Å². The molecule has 7 nitrogen and oxygen atoms in total. The first-order valence-corrected chi connectivity index (χ1v) is 11.6. The average molecular weight is 445 g/mol. The highest BCUT2D eigenvalue weighted by Crippen LogP contribution is 2.27. The van der Waals surface area contributed by atoms with Gasteiger partial charge in [-0.2, -0.15) is 0 Å². The van der Waals surface area contributed by atoms with Crippen LogP contribution in [0.15, 0.2) is 57.8 Å². The van der Waals surface area contributed by atoms with Crippen molar-refractivity contribution in [1.82, 2.24) is 10.3 Å². The largest absolute Gasteiger partial charge is 0.461 e. The van der Waals surface area contributed by atoms with Crippen molar-refractivity contribution < 1.29 is 17.2 Å². The van der Waals surface area contributed by atoms with Gasteiger partial charge in [-0.15, -0.1) is 0 Å². The third kappa shape index (κ3) is 4.72. The lowest BCUT2D eigenvalue weighted by Gasteiger charge is -2.37. The predicted octanol–water partition coefficient (Wildman–Crippen LogP) is 3.78. The Hall–Kier alpha value is -2.91. The molecule has 1 aromatic carbocycles. The Balaban J connectivity index is 1.56. The van der Waals surface area contributed by atoms with E-state index in [4.69, 9.17) is 4.42 Å². The van der Waals surface area contributed by atoms with E-state index in [0.717, 1.165) is 19.2 Å². The molecule has 1 aliphatic heterocycles. The summed E-state index contributed by atoms with van der Waals surface area (Å²) in [7, 11) is -4.01. The smallest absolute Gasteiger partial charge is 0.263 e. The van der Waals surface area contributed by atoms with Gasteiger partial charge in [-0.05, 0) is 63.2 Å². The minimum atomic E-state index is -4.01. The highest BCUT2D eigenvalue weighted by molar-refractivity contribution is 7.92. The molecule has 3 heterocycles. The standard InChI is InChI=1S/C22H25FN4O3S/c1-14-12-27(13-15(2)24-14)22-6-4-5-21(25-22)26-31(28,29)17-8-9-18(19(23)11-17)20-10-7-16(3)30-20/h4-11,14-15,24H,12-13H2,1-3H3,(H,25,26)/t14-,15+. The first-order valence-electron chi connectivity index (χ1n) is 10.1. The summed E-state index contributed by atoms with van der Waals surface area (Å²) in [6, 6.07) is 12.9. The van der Waals surface area contributed by atoms with Crippen LogP contribution in [0.4, 0.5) is 16.0 Å². The van der Waals surface area contributed by atoms with Crippen molar-refractivity contribution in [3.05, 3.63) is 60.1 Å². The van der Waals surface area contributed by atoms with Crippen LogP contribution in [0, 0.1) is 12.7 Å². The number of aromatic nitrogens is 1. The molecule has 9 heteroatoms. The zero-order valence-corrected chi connectivity index (χ0v) is 18.4. The topological polar surface area (TPSA) is 87.5 Å². The molecular weight excluding hydrogens is 419 g/mol. The molecule has 164 valence electrons. The molecule has 2 atom stereocenters. The van der Waals surface area contributed by atoms with E-state index in [-0.39, 0.29) is 16.3 Å². The number of pyridine rings is 1. The van der Waals surface area contributed by atoms with Crippen LogP contribution >= 0.6 is 0 Å². The number of hydrogen-bond donors (Lipinski definition) is 2. The Kier molecular flexibility index (Phi) is 5.72. The number of piperazine rings is 1. The van der Waals surface area contributed by atoms with Gasteiger partial charge >= 0.3 is 0 Å². The van der Waals surface area contributed by atoms with Crippen molar-refractivity contribution in [2.75, 3.05) is 22.7 Å². The second-order valence-corrected chi connectivity index (χ2v) is 9.59. The summed E-state index contributed by atoms with van der Waals surface area (Å²) in [6.07, 6.45) is 0. The van der Waals surface area contributed by atoms with Crippen LogP contribution in [-0.4, -0.2) is 38.6 Å². The Morgan fingerprint density at radius 1 is 1.13 bits per heavy atom. The summed E-state index contributed by atoms with van der Waals surface area (Å²) in [5, 5.41) is 3.45. The first kappa shape index (κ1) is 21.3. The number of nitrogens with zero attached hydrogens (tertiary/aromatic N) is 2. The highest BCUT2D eigenvalue weighted by Gasteiger charge is 2.23. The lowest BCUT2D eigenvalue weighted by atomic mass is 10.1. The first-order chi connectivity index (χ1) is 14.7. The minimum absolute atomic E-state index is 0.183. The lowest BCUT2D eigenvalue weighted by molar-refractivity contribution is 0.405. The number of nitrogens with one attached hydrogen (secondary N) is 2. The number of benzene rings is 1. The van der Waals surface area contributed by atoms with Gasteiger partial charge in [0.25, 0.3) is 10.0 Å². The molecule has 4 rings (SSSR count). The second kappa shape index (κ2) is 8.32. The number of aryl methyl sites for hydroxylation is 1. The van der Waals surface area contributed by atoms with Crippen LogP contribution in [0.2, 0.25) is 0 Å². The van der Waals surface area contributed by atoms with E-state index in [0.29, 0.717) is 29.4 Å². The fourth-order valence-corrected chi connectivity index (χ4v) is 4.82. The van der Waals surface area contributed by atoms with Gasteiger partial charge in [0, 0.05) is 25.2 Å². The maximum absolute atomic E-state index is 14.6. The molecule has 3 aromatic rings. The fraction of sp³-hybridized carbons (Fsp3) is 0.318. The lowest BCUT2D eigenvalue weighted by Crippen LogP contribution is -2.54. The van der Waals surface area contributed by atoms with Gasteiger partial charge < -0.3 is 14.6 Å². The number of rotatable bonds is 5. The van der Waals surface area contributed by atoms with Crippen molar-refractivity contribution >= 4 is 21.7 Å². The van der Waals surface area contributed by atoms with E-state index in [1.165, 1.54) is 12.1 Å². The van der Waals surface area contributed by atoms with Crippen LogP contribution < -0.4 is 14.9 Å². The molecule has 31 heavy (non-hydrogen) atoms. The van der Waals surface area contributed by atoms with Crippen molar-refractivity contribution in [3.8, 4) is 11.3 Å². The normalized spacial score (nSPS) is 19.4. The Bertz CT molecular complexity index is 1180. The summed E-state index contributed by atoms with van der Waals surface area (Å²) in [5.74, 6) is 1.19. The Labute approximate surface area is 181 Å². The number of sulfonamides is 1. The highest BCUT2D eigenvalue weighted by atomic mass is 32.2. The van der Waals surface area contributed by atoms with Crippen LogP contribution in [0.25, 0.3) is 11.3 Å². The zero-order chi connectivity index (χ0) is 22.2. The molecule has 0 unspecified atom stereocenters. The van der Waals surface area contributed by atoms with Crippen LogP contribution in [0.3, 0.4) is 0 Å². The van der Waals surface area contributed by atoms with E-state index in [1.54, 1.807) is 31.2 Å². The van der Waals surface area contributed by atoms with E-state index in [2.05, 4.69) is 33.8 Å². The maximum Gasteiger partial charge on any atom is 0.263 e. The molecule has 0 aliphatic carbocycles. The van der Waals surface area contributed by atoms with Gasteiger partial charge in [0.05, 0.1) is 10.5 Å². The SMILES string of the molecule is Cc1ccc(-c2ccc(S(=O)(=O)Nc3cccc(N4C[C@@H](C)N[C@@H](C)C4)n3)cc2F)o1. The van der Waals surface area contributed by atoms with Crippen molar-refractivity contribution in [2.24, 2.45) is 0 Å². The van der Waals surface area contributed by atoms with Gasteiger partial charge in [-0.1, -0.05) is 6.07 Å². The van der Waals surface area contributed by atoms with Gasteiger partial charge in [0.15, 0.2) is 0 Å². The third-order valence-electron chi connectivity index (χ3n) is 5.11. The number of halogens is 1. The maximum atomic E-state index is 14.6. The van der Waals surface area contributed by atoms with E-state index >= 15 is 0 Å². The van der Waals surface area contributed by atoms with Crippen LogP contribution in [0.5, 0.6) is 0 Å². The molecule has 2 N–H and O–H groups in total. The number of hydrogen-bond acceptors (Lipinski definition) is 6. The zero-order valence-electron chi connectivity index (χ0n) is 17.6. The van der Waals surface area contributed by atoms with Crippen molar-refractivity contribution in [2.45, 2.75) is 37.8 Å². The average Bonchev–Trinajstić information content (AvgIpc) is 3.13. The molecular formula is C22H25FN4O3S. The summed E-state index contributed by atoms with van der Waals surface area (Å²) in [6.45, 7) is 7.49. The van der Waals surface area contributed by atoms with Crippen molar-refractivity contribution in [3.63, 3.8) is 0 Å². The van der Waals surface area contributed by atoms with E-state index in [1.807, 2.05) is 6.07 Å². The molecule has 1 aliphatic rings. The predicted molar refractivity (Wildman–Crippen MR) is 118 cm³/mol. The minimum Gasteiger partial charge on any atom is -0.461 e. The van der Waals surface area contributed by atoms with E-state index in [9.17, 15) is 12.8 Å². The third-order valence-corrected chi connectivity index (χ3v) is 6.46.